The van der Waals surface area contributed by atoms with Crippen molar-refractivity contribution in [1.29, 1.82) is 0 Å². The van der Waals surface area contributed by atoms with E-state index in [1.54, 1.807) is 0 Å². The van der Waals surface area contributed by atoms with Gasteiger partial charge >= 0.3 is 0 Å². The number of hydrogen-bond acceptors (Lipinski definition) is 2. The summed E-state index contributed by atoms with van der Waals surface area (Å²) in [5.74, 6) is 0.968. The van der Waals surface area contributed by atoms with Gasteiger partial charge in [-0.2, -0.15) is 0 Å². The summed E-state index contributed by atoms with van der Waals surface area (Å²) in [5, 5.41) is 0. The van der Waals surface area contributed by atoms with Crippen molar-refractivity contribution in [1.82, 2.24) is 4.90 Å². The van der Waals surface area contributed by atoms with E-state index in [-0.39, 0.29) is 0 Å². The summed E-state index contributed by atoms with van der Waals surface area (Å²) in [6, 6.07) is 0. The molecular formula is C16H32N2. The van der Waals surface area contributed by atoms with E-state index in [1.165, 1.54) is 77.3 Å². The Hall–Kier alpha value is -0.0800. The number of nitrogens with two attached hydrogens (primary N) is 1. The van der Waals surface area contributed by atoms with E-state index >= 15 is 0 Å². The second-order valence-corrected chi connectivity index (χ2v) is 6.97. The lowest BCUT2D eigenvalue weighted by Gasteiger charge is -2.36. The quantitative estimate of drug-likeness (QED) is 0.760. The van der Waals surface area contributed by atoms with Crippen molar-refractivity contribution in [3.63, 3.8) is 0 Å². The molecule has 0 bridgehead atoms. The van der Waals surface area contributed by atoms with Crippen LogP contribution in [0.5, 0.6) is 0 Å². The zero-order chi connectivity index (χ0) is 12.8. The first kappa shape index (κ1) is 14.3. The molecule has 0 spiro atoms. The van der Waals surface area contributed by atoms with Gasteiger partial charge in [0.25, 0.3) is 0 Å². The topological polar surface area (TPSA) is 29.3 Å². The summed E-state index contributed by atoms with van der Waals surface area (Å²) in [6.07, 6.45) is 14.2. The molecule has 0 unspecified atom stereocenters. The molecule has 0 saturated heterocycles. The Kier molecular flexibility index (Phi) is 5.50. The largest absolute Gasteiger partial charge is 0.330 e. The van der Waals surface area contributed by atoms with Crippen molar-refractivity contribution in [3.8, 4) is 0 Å². The molecule has 2 heteroatoms. The average Bonchev–Trinajstić information content (AvgIpc) is 2.74. The molecule has 0 aliphatic heterocycles. The minimum Gasteiger partial charge on any atom is -0.330 e. The fourth-order valence-corrected chi connectivity index (χ4v) is 4.18. The highest BCUT2D eigenvalue weighted by Crippen LogP contribution is 2.35. The van der Waals surface area contributed by atoms with Gasteiger partial charge < -0.3 is 10.6 Å². The van der Waals surface area contributed by atoms with Gasteiger partial charge in [0.1, 0.15) is 0 Å². The standard InChI is InChI=1S/C16H32N2/c1-18(12-15-8-4-5-9-15)14-16(13-17)10-6-2-3-7-11-16/h15H,2-14,17H2,1H3. The van der Waals surface area contributed by atoms with E-state index in [1.807, 2.05) is 0 Å². The van der Waals surface area contributed by atoms with Gasteiger partial charge in [-0.15, -0.1) is 0 Å². The molecule has 18 heavy (non-hydrogen) atoms. The maximum absolute atomic E-state index is 6.14. The number of rotatable bonds is 5. The fourth-order valence-electron chi connectivity index (χ4n) is 4.18. The van der Waals surface area contributed by atoms with Gasteiger partial charge in [0.2, 0.25) is 0 Å². The van der Waals surface area contributed by atoms with Gasteiger partial charge in [-0.05, 0) is 50.6 Å². The van der Waals surface area contributed by atoms with Gasteiger partial charge in [-0.25, -0.2) is 0 Å². The van der Waals surface area contributed by atoms with Crippen molar-refractivity contribution in [2.24, 2.45) is 17.1 Å². The summed E-state index contributed by atoms with van der Waals surface area (Å²) in [4.78, 5) is 2.59. The molecule has 2 saturated carbocycles. The molecule has 106 valence electrons. The van der Waals surface area contributed by atoms with Crippen LogP contribution < -0.4 is 5.73 Å². The van der Waals surface area contributed by atoms with Crippen LogP contribution in [-0.4, -0.2) is 31.6 Å². The lowest BCUT2D eigenvalue weighted by atomic mass is 9.80. The Balaban J connectivity index is 1.83. The van der Waals surface area contributed by atoms with E-state index < -0.39 is 0 Å². The van der Waals surface area contributed by atoms with Crippen LogP contribution in [0.3, 0.4) is 0 Å². The molecule has 2 N–H and O–H groups in total. The van der Waals surface area contributed by atoms with E-state index in [4.69, 9.17) is 5.73 Å². The molecule has 0 atom stereocenters. The third kappa shape index (κ3) is 3.96. The Morgan fingerprint density at radius 3 is 2.17 bits per heavy atom. The normalized spacial score (nSPS) is 25.5. The third-order valence-electron chi connectivity index (χ3n) is 5.25. The highest BCUT2D eigenvalue weighted by atomic mass is 15.1. The van der Waals surface area contributed by atoms with Gasteiger partial charge in [-0.3, -0.25) is 0 Å². The molecule has 2 aliphatic rings. The first-order valence-electron chi connectivity index (χ1n) is 8.13. The summed E-state index contributed by atoms with van der Waals surface area (Å²) in [6.45, 7) is 3.43. The van der Waals surface area contributed by atoms with Crippen LogP contribution in [0.4, 0.5) is 0 Å². The van der Waals surface area contributed by atoms with Crippen molar-refractivity contribution in [3.05, 3.63) is 0 Å². The molecule has 0 aromatic carbocycles. The monoisotopic (exact) mass is 252 g/mol. The Bertz CT molecular complexity index is 225. The van der Waals surface area contributed by atoms with Gasteiger partial charge in [-0.1, -0.05) is 38.5 Å². The minimum atomic E-state index is 0.434. The summed E-state index contributed by atoms with van der Waals surface area (Å²) >= 11 is 0. The first-order chi connectivity index (χ1) is 8.74. The van der Waals surface area contributed by atoms with E-state index in [2.05, 4.69) is 11.9 Å². The zero-order valence-corrected chi connectivity index (χ0v) is 12.3. The molecule has 2 rings (SSSR count). The van der Waals surface area contributed by atoms with Crippen LogP contribution in [-0.2, 0) is 0 Å². The smallest absolute Gasteiger partial charge is 0.00471 e. The van der Waals surface area contributed by atoms with Crippen LogP contribution in [0, 0.1) is 11.3 Å². The zero-order valence-electron chi connectivity index (χ0n) is 12.3. The van der Waals surface area contributed by atoms with Crippen LogP contribution in [0.1, 0.15) is 64.2 Å². The van der Waals surface area contributed by atoms with Crippen LogP contribution in [0.25, 0.3) is 0 Å². The summed E-state index contributed by atoms with van der Waals surface area (Å²) < 4.78 is 0. The predicted octanol–water partition coefficient (Wildman–Crippen LogP) is 3.41. The van der Waals surface area contributed by atoms with Crippen molar-refractivity contribution >= 4 is 0 Å². The number of nitrogens with zero attached hydrogens (tertiary/aromatic N) is 1. The van der Waals surface area contributed by atoms with Crippen molar-refractivity contribution in [2.45, 2.75) is 64.2 Å². The van der Waals surface area contributed by atoms with Gasteiger partial charge in [0.15, 0.2) is 0 Å². The third-order valence-corrected chi connectivity index (χ3v) is 5.25. The highest BCUT2D eigenvalue weighted by Gasteiger charge is 2.31. The van der Waals surface area contributed by atoms with Crippen LogP contribution in [0.2, 0.25) is 0 Å². The number of hydrogen-bond donors (Lipinski definition) is 1. The summed E-state index contributed by atoms with van der Waals surface area (Å²) in [5.41, 5.74) is 6.57. The molecule has 0 radical (unpaired) electrons. The molecule has 2 fully saturated rings. The fraction of sp³-hybridized carbons (Fsp3) is 1.00. The maximum atomic E-state index is 6.14. The van der Waals surface area contributed by atoms with Crippen LogP contribution >= 0.6 is 0 Å². The Morgan fingerprint density at radius 1 is 1.00 bits per heavy atom. The molecule has 0 aromatic rings. The molecule has 2 aliphatic carbocycles. The molecule has 0 heterocycles. The van der Waals surface area contributed by atoms with Gasteiger partial charge in [0.05, 0.1) is 0 Å². The predicted molar refractivity (Wildman–Crippen MR) is 78.6 cm³/mol. The van der Waals surface area contributed by atoms with Crippen LogP contribution in [0.15, 0.2) is 0 Å². The van der Waals surface area contributed by atoms with Gasteiger partial charge in [0, 0.05) is 13.1 Å². The van der Waals surface area contributed by atoms with Crippen molar-refractivity contribution < 1.29 is 0 Å². The second kappa shape index (κ2) is 6.91. The van der Waals surface area contributed by atoms with E-state index in [0.29, 0.717) is 5.41 Å². The van der Waals surface area contributed by atoms with Crippen molar-refractivity contribution in [2.75, 3.05) is 26.7 Å². The second-order valence-electron chi connectivity index (χ2n) is 6.97. The Morgan fingerprint density at radius 2 is 1.61 bits per heavy atom. The first-order valence-corrected chi connectivity index (χ1v) is 8.13. The minimum absolute atomic E-state index is 0.434. The molecule has 0 aromatic heterocycles. The molecule has 2 nitrogen and oxygen atoms in total. The molecule has 0 amide bonds. The lowest BCUT2D eigenvalue weighted by Crippen LogP contribution is -2.42. The maximum Gasteiger partial charge on any atom is 0.00471 e. The van der Waals surface area contributed by atoms with E-state index in [9.17, 15) is 0 Å². The highest BCUT2D eigenvalue weighted by molar-refractivity contribution is 4.86. The van der Waals surface area contributed by atoms with E-state index in [0.717, 1.165) is 12.5 Å². The summed E-state index contributed by atoms with van der Waals surface area (Å²) in [7, 11) is 2.32. The SMILES string of the molecule is CN(CC1CCCC1)CC1(CN)CCCCCC1. The Labute approximate surface area is 113 Å². The average molecular weight is 252 g/mol. The lowest BCUT2D eigenvalue weighted by molar-refractivity contribution is 0.143. The molecular weight excluding hydrogens is 220 g/mol.